The fourth-order valence-electron chi connectivity index (χ4n) is 5.73. The van der Waals surface area contributed by atoms with Crippen LogP contribution in [0.5, 0.6) is 0 Å². The van der Waals surface area contributed by atoms with Crippen molar-refractivity contribution in [3.05, 3.63) is 107 Å². The minimum atomic E-state index is -3.74. The summed E-state index contributed by atoms with van der Waals surface area (Å²) >= 11 is 0. The van der Waals surface area contributed by atoms with E-state index in [0.717, 1.165) is 23.4 Å². The molecule has 6 rings (SSSR count). The third kappa shape index (κ3) is 5.78. The van der Waals surface area contributed by atoms with Gasteiger partial charge in [-0.25, -0.2) is 13.1 Å². The Hall–Kier alpha value is -5.05. The molecule has 0 N–H and O–H groups in total. The number of amides is 2. The van der Waals surface area contributed by atoms with E-state index in [2.05, 4.69) is 6.92 Å². The number of nitriles is 1. The lowest BCUT2D eigenvalue weighted by Gasteiger charge is -2.30. The fourth-order valence-corrected chi connectivity index (χ4v) is 7.38. The summed E-state index contributed by atoms with van der Waals surface area (Å²) in [4.78, 5) is 28.1. The monoisotopic (exact) mass is 621 g/mol. The minimum absolute atomic E-state index is 0.133. The molecule has 2 aromatic carbocycles. The summed E-state index contributed by atoms with van der Waals surface area (Å²) < 4.78 is 35.9. The third-order valence-corrected chi connectivity index (χ3v) is 10.0. The highest BCUT2D eigenvalue weighted by atomic mass is 32.2. The van der Waals surface area contributed by atoms with Crippen LogP contribution in [0.1, 0.15) is 38.0 Å². The Morgan fingerprint density at radius 3 is 2.58 bits per heavy atom. The van der Waals surface area contributed by atoms with Gasteiger partial charge in [-0.15, -0.1) is 0 Å². The Bertz CT molecular complexity index is 1990. The molecule has 2 aliphatic rings. The van der Waals surface area contributed by atoms with Crippen LogP contribution in [0.25, 0.3) is 23.0 Å². The molecular formula is C34H31N5O5S. The molecule has 0 saturated carbocycles. The van der Waals surface area contributed by atoms with Crippen molar-refractivity contribution in [1.29, 1.82) is 5.26 Å². The second-order valence-electron chi connectivity index (χ2n) is 11.3. The van der Waals surface area contributed by atoms with Gasteiger partial charge in [-0.1, -0.05) is 37.3 Å². The van der Waals surface area contributed by atoms with E-state index < -0.39 is 21.8 Å². The number of sulfonamides is 1. The van der Waals surface area contributed by atoms with Crippen molar-refractivity contribution >= 4 is 27.9 Å². The number of nitrogens with zero attached hydrogens (tertiary/aromatic N) is 5. The number of imide groups is 1. The highest BCUT2D eigenvalue weighted by Crippen LogP contribution is 2.33. The fraction of sp³-hybridized carbons (Fsp3) is 0.235. The van der Waals surface area contributed by atoms with Crippen LogP contribution in [0.3, 0.4) is 0 Å². The number of piperidine rings is 1. The number of carbonyl (C=O) groups is 2. The maximum absolute atomic E-state index is 13.8. The van der Waals surface area contributed by atoms with Gasteiger partial charge in [0.15, 0.2) is 0 Å². The average molecular weight is 622 g/mol. The van der Waals surface area contributed by atoms with Gasteiger partial charge < -0.3 is 4.42 Å². The summed E-state index contributed by atoms with van der Waals surface area (Å²) in [6.45, 7) is 4.43. The summed E-state index contributed by atoms with van der Waals surface area (Å²) in [7, 11) is -3.74. The van der Waals surface area contributed by atoms with Gasteiger partial charge in [0, 0.05) is 36.0 Å². The van der Waals surface area contributed by atoms with Crippen LogP contribution in [0, 0.1) is 17.2 Å². The molecule has 45 heavy (non-hydrogen) atoms. The van der Waals surface area contributed by atoms with Gasteiger partial charge in [0.05, 0.1) is 23.4 Å². The summed E-state index contributed by atoms with van der Waals surface area (Å²) in [5, 5.41) is 14.7. The number of furan rings is 1. The van der Waals surface area contributed by atoms with Crippen LogP contribution in [-0.2, 0) is 26.2 Å². The summed E-state index contributed by atoms with van der Waals surface area (Å²) in [6.07, 6.45) is 6.59. The number of benzene rings is 2. The molecule has 0 bridgehead atoms. The molecule has 11 heteroatoms. The van der Waals surface area contributed by atoms with Gasteiger partial charge in [-0.05, 0) is 73.7 Å². The zero-order valence-electron chi connectivity index (χ0n) is 24.9. The molecule has 228 valence electrons. The van der Waals surface area contributed by atoms with E-state index in [9.17, 15) is 23.3 Å². The molecule has 0 radical (unpaired) electrons. The van der Waals surface area contributed by atoms with Crippen molar-refractivity contribution in [3.8, 4) is 23.0 Å². The Morgan fingerprint density at radius 2 is 1.87 bits per heavy atom. The Morgan fingerprint density at radius 1 is 1.07 bits per heavy atom. The molecule has 4 aromatic rings. The average Bonchev–Trinajstić information content (AvgIpc) is 3.72. The molecule has 2 aliphatic heterocycles. The first-order valence-electron chi connectivity index (χ1n) is 14.6. The van der Waals surface area contributed by atoms with E-state index in [-0.39, 0.29) is 34.1 Å². The van der Waals surface area contributed by atoms with Gasteiger partial charge in [-0.2, -0.15) is 14.7 Å². The largest absolute Gasteiger partial charge is 0.467 e. The van der Waals surface area contributed by atoms with E-state index in [1.54, 1.807) is 60.3 Å². The van der Waals surface area contributed by atoms with Gasteiger partial charge in [0.1, 0.15) is 23.1 Å². The second kappa shape index (κ2) is 12.1. The first-order valence-corrected chi connectivity index (χ1v) is 16.1. The molecular weight excluding hydrogens is 590 g/mol. The summed E-state index contributed by atoms with van der Waals surface area (Å²) in [6, 6.07) is 21.3. The Balaban J connectivity index is 1.48. The first-order chi connectivity index (χ1) is 21.7. The van der Waals surface area contributed by atoms with E-state index in [1.807, 2.05) is 36.4 Å². The maximum atomic E-state index is 13.8. The summed E-state index contributed by atoms with van der Waals surface area (Å²) in [5.74, 6) is -0.606. The van der Waals surface area contributed by atoms with Crippen molar-refractivity contribution in [3.63, 3.8) is 0 Å². The number of rotatable bonds is 7. The summed E-state index contributed by atoms with van der Waals surface area (Å²) in [5.41, 5.74) is 2.49. The third-order valence-electron chi connectivity index (χ3n) is 8.15. The van der Waals surface area contributed by atoms with Crippen molar-refractivity contribution in [2.24, 2.45) is 5.92 Å². The molecule has 2 aromatic heterocycles. The highest BCUT2D eigenvalue weighted by Gasteiger charge is 2.36. The predicted octanol–water partition coefficient (Wildman–Crippen LogP) is 5.35. The number of hydrogen-bond acceptors (Lipinski definition) is 7. The molecule has 10 nitrogen and oxygen atoms in total. The Labute approximate surface area is 261 Å². The van der Waals surface area contributed by atoms with Gasteiger partial charge >= 0.3 is 0 Å². The lowest BCUT2D eigenvalue weighted by Crippen LogP contribution is -2.42. The van der Waals surface area contributed by atoms with Crippen LogP contribution >= 0.6 is 0 Å². The topological polar surface area (TPSA) is 130 Å². The van der Waals surface area contributed by atoms with E-state index in [1.165, 1.54) is 10.6 Å². The molecule has 0 aliphatic carbocycles. The van der Waals surface area contributed by atoms with Gasteiger partial charge in [0.2, 0.25) is 10.0 Å². The number of hydrogen-bond donors (Lipinski definition) is 0. The van der Waals surface area contributed by atoms with Crippen LogP contribution in [0.2, 0.25) is 0 Å². The molecule has 4 heterocycles. The molecule has 1 unspecified atom stereocenters. The zero-order valence-corrected chi connectivity index (χ0v) is 25.7. The van der Waals surface area contributed by atoms with Crippen molar-refractivity contribution in [2.45, 2.75) is 38.1 Å². The normalized spacial score (nSPS) is 18.9. The van der Waals surface area contributed by atoms with Gasteiger partial charge in [-0.3, -0.25) is 14.5 Å². The molecule has 2 amide bonds. The van der Waals surface area contributed by atoms with Crippen molar-refractivity contribution < 1.29 is 22.4 Å². The lowest BCUT2D eigenvalue weighted by atomic mass is 9.93. The van der Waals surface area contributed by atoms with Gasteiger partial charge in [0.25, 0.3) is 11.8 Å². The van der Waals surface area contributed by atoms with Crippen LogP contribution in [0.4, 0.5) is 0 Å². The SMILES string of the molecule is CC1=C(C#N)C(=O)N(Cc2ccco2)C(=O)/C1=C/c1cn(-c2ccccc2)nc1-c1cccc(S(=O)(=O)N2CCCC(C)C2)c1. The molecule has 0 spiro atoms. The first kappa shape index (κ1) is 30.0. The van der Waals surface area contributed by atoms with Crippen molar-refractivity contribution in [2.75, 3.05) is 13.1 Å². The molecule has 1 atom stereocenters. The van der Waals surface area contributed by atoms with E-state index in [0.29, 0.717) is 35.7 Å². The van der Waals surface area contributed by atoms with Crippen molar-refractivity contribution in [1.82, 2.24) is 19.0 Å². The number of aromatic nitrogens is 2. The molecule has 1 fully saturated rings. The minimum Gasteiger partial charge on any atom is -0.467 e. The Kier molecular flexibility index (Phi) is 8.10. The lowest BCUT2D eigenvalue weighted by molar-refractivity contribution is -0.141. The zero-order chi connectivity index (χ0) is 31.7. The van der Waals surface area contributed by atoms with Crippen LogP contribution < -0.4 is 0 Å². The van der Waals surface area contributed by atoms with E-state index >= 15 is 0 Å². The van der Waals surface area contributed by atoms with Crippen LogP contribution in [-0.4, -0.2) is 52.3 Å². The molecule has 1 saturated heterocycles. The van der Waals surface area contributed by atoms with E-state index in [4.69, 9.17) is 9.52 Å². The standard InChI is InChI=1S/C34H31N5O5S/c1-23-9-7-15-37(20-23)45(42,43)29-14-6-10-25(17-29)32-26(21-39(36-32)27-11-4-3-5-12-27)18-30-24(2)31(19-35)34(41)38(33(30)40)22-28-13-8-16-44-28/h3-6,8,10-14,16-18,21,23H,7,9,15,20,22H2,1-2H3/b30-18+. The number of para-hydroxylation sites is 1. The smallest absolute Gasteiger partial charge is 0.272 e. The maximum Gasteiger partial charge on any atom is 0.272 e. The van der Waals surface area contributed by atoms with Crippen LogP contribution in [0.15, 0.2) is 105 Å². The second-order valence-corrected chi connectivity index (χ2v) is 13.2. The highest BCUT2D eigenvalue weighted by molar-refractivity contribution is 7.89. The predicted molar refractivity (Wildman–Crippen MR) is 167 cm³/mol. The number of carbonyl (C=O) groups excluding carboxylic acids is 2. The quantitative estimate of drug-likeness (QED) is 0.201.